The molecule has 1 unspecified atom stereocenters. The zero-order valence-electron chi connectivity index (χ0n) is 11.8. The van der Waals surface area contributed by atoms with Crippen LogP contribution in [0.4, 0.5) is 0 Å². The van der Waals surface area contributed by atoms with E-state index in [1.165, 1.54) is 10.6 Å². The largest absolute Gasteiger partial charge is 0.368 e. The van der Waals surface area contributed by atoms with E-state index in [0.717, 1.165) is 18.5 Å². The summed E-state index contributed by atoms with van der Waals surface area (Å²) in [5.74, 6) is -0.160. The Labute approximate surface area is 113 Å². The van der Waals surface area contributed by atoms with Gasteiger partial charge in [0.25, 0.3) is 5.56 Å². The van der Waals surface area contributed by atoms with Gasteiger partial charge in [-0.05, 0) is 37.9 Å². The van der Waals surface area contributed by atoms with Gasteiger partial charge in [0.1, 0.15) is 6.04 Å². The van der Waals surface area contributed by atoms with Gasteiger partial charge in [0.05, 0.1) is 0 Å². The minimum atomic E-state index is -0.568. The molecule has 0 fully saturated rings. The van der Waals surface area contributed by atoms with E-state index in [9.17, 15) is 9.59 Å². The first-order valence-electron chi connectivity index (χ1n) is 6.60. The summed E-state index contributed by atoms with van der Waals surface area (Å²) in [5.41, 5.74) is 6.26. The average Bonchev–Trinajstić information content (AvgIpc) is 2.35. The molecule has 5 heteroatoms. The Bertz CT molecular complexity index is 480. The first kappa shape index (κ1) is 15.4. The fourth-order valence-electron chi connectivity index (χ4n) is 2.02. The predicted molar refractivity (Wildman–Crippen MR) is 76.0 cm³/mol. The smallest absolute Gasteiger partial charge is 0.251 e. The van der Waals surface area contributed by atoms with Gasteiger partial charge in [-0.15, -0.1) is 0 Å². The summed E-state index contributed by atoms with van der Waals surface area (Å²) in [7, 11) is 1.88. The van der Waals surface area contributed by atoms with Crippen LogP contribution in [0.2, 0.25) is 0 Å². The summed E-state index contributed by atoms with van der Waals surface area (Å²) in [6.07, 6.45) is 3.13. The maximum absolute atomic E-state index is 11.9. The lowest BCUT2D eigenvalue weighted by Crippen LogP contribution is -2.34. The van der Waals surface area contributed by atoms with E-state index in [0.29, 0.717) is 12.3 Å². The quantitative estimate of drug-likeness (QED) is 0.761. The highest BCUT2D eigenvalue weighted by Gasteiger charge is 2.20. The molecule has 1 heterocycles. The van der Waals surface area contributed by atoms with Crippen molar-refractivity contribution in [3.63, 3.8) is 0 Å². The van der Waals surface area contributed by atoms with Gasteiger partial charge < -0.3 is 15.6 Å². The zero-order valence-corrected chi connectivity index (χ0v) is 11.8. The van der Waals surface area contributed by atoms with Gasteiger partial charge in [0, 0.05) is 12.3 Å². The molecule has 0 saturated carbocycles. The molecule has 106 valence electrons. The van der Waals surface area contributed by atoms with Gasteiger partial charge in [0.2, 0.25) is 5.91 Å². The van der Waals surface area contributed by atoms with Crippen molar-refractivity contribution in [2.24, 2.45) is 11.7 Å². The minimum absolute atomic E-state index is 0.183. The number of rotatable bonds is 7. The van der Waals surface area contributed by atoms with Crippen molar-refractivity contribution in [3.8, 4) is 0 Å². The van der Waals surface area contributed by atoms with Crippen LogP contribution < -0.4 is 16.6 Å². The molecule has 0 bridgehead atoms. The fraction of sp³-hybridized carbons (Fsp3) is 0.571. The van der Waals surface area contributed by atoms with Gasteiger partial charge in [0.15, 0.2) is 0 Å². The zero-order chi connectivity index (χ0) is 14.4. The van der Waals surface area contributed by atoms with Crippen LogP contribution in [-0.2, 0) is 11.2 Å². The maximum atomic E-state index is 11.9. The lowest BCUT2D eigenvalue weighted by atomic mass is 10.0. The van der Waals surface area contributed by atoms with Crippen LogP contribution in [0.25, 0.3) is 0 Å². The number of amides is 1. The van der Waals surface area contributed by atoms with Crippen LogP contribution >= 0.6 is 0 Å². The number of nitrogens with zero attached hydrogens (tertiary/aromatic N) is 1. The molecule has 0 radical (unpaired) electrons. The Balaban J connectivity index is 3.07. The maximum Gasteiger partial charge on any atom is 0.251 e. The monoisotopic (exact) mass is 265 g/mol. The van der Waals surface area contributed by atoms with Crippen LogP contribution in [0.3, 0.4) is 0 Å². The number of carbonyl (C=O) groups excluding carboxylic acids is 1. The SMILES string of the molecule is CNCCc1ccc(=O)n(C(CC(C)C)C(N)=O)c1. The van der Waals surface area contributed by atoms with E-state index in [4.69, 9.17) is 5.73 Å². The standard InChI is InChI=1S/C14H23N3O2/c1-10(2)8-12(14(15)19)17-9-11(6-7-16-3)4-5-13(17)18/h4-5,9-10,12,16H,6-8H2,1-3H3,(H2,15,19). The van der Waals surface area contributed by atoms with Crippen molar-refractivity contribution in [2.45, 2.75) is 32.7 Å². The topological polar surface area (TPSA) is 77.1 Å². The highest BCUT2D eigenvalue weighted by molar-refractivity contribution is 5.78. The Hall–Kier alpha value is -1.62. The van der Waals surface area contributed by atoms with E-state index in [1.807, 2.05) is 20.9 Å². The van der Waals surface area contributed by atoms with Crippen molar-refractivity contribution < 1.29 is 4.79 Å². The molecule has 0 saturated heterocycles. The number of primary amides is 1. The average molecular weight is 265 g/mol. The van der Waals surface area contributed by atoms with Crippen LogP contribution in [-0.4, -0.2) is 24.1 Å². The lowest BCUT2D eigenvalue weighted by Gasteiger charge is -2.19. The van der Waals surface area contributed by atoms with E-state index >= 15 is 0 Å². The van der Waals surface area contributed by atoms with Crippen molar-refractivity contribution in [3.05, 3.63) is 34.2 Å². The molecule has 1 aromatic heterocycles. The number of likely N-dealkylation sites (N-methyl/N-ethyl adjacent to an activating group) is 1. The van der Waals surface area contributed by atoms with Gasteiger partial charge in [-0.2, -0.15) is 0 Å². The van der Waals surface area contributed by atoms with E-state index in [1.54, 1.807) is 12.3 Å². The number of nitrogens with two attached hydrogens (primary N) is 1. The number of hydrogen-bond acceptors (Lipinski definition) is 3. The Morgan fingerprint density at radius 2 is 2.11 bits per heavy atom. The second-order valence-corrected chi connectivity index (χ2v) is 5.18. The predicted octanol–water partition coefficient (Wildman–Crippen LogP) is 0.683. The molecule has 0 aliphatic heterocycles. The summed E-state index contributed by atoms with van der Waals surface area (Å²) >= 11 is 0. The first-order chi connectivity index (χ1) is 8.95. The summed E-state index contributed by atoms with van der Waals surface area (Å²) in [5, 5.41) is 3.06. The molecule has 1 rings (SSSR count). The summed E-state index contributed by atoms with van der Waals surface area (Å²) < 4.78 is 1.47. The molecule has 19 heavy (non-hydrogen) atoms. The van der Waals surface area contributed by atoms with E-state index in [2.05, 4.69) is 5.32 Å². The summed E-state index contributed by atoms with van der Waals surface area (Å²) in [4.78, 5) is 23.5. The van der Waals surface area contributed by atoms with Crippen LogP contribution in [0, 0.1) is 5.92 Å². The third-order valence-corrected chi connectivity index (χ3v) is 3.02. The Morgan fingerprint density at radius 3 is 2.63 bits per heavy atom. The van der Waals surface area contributed by atoms with E-state index < -0.39 is 11.9 Å². The molecule has 5 nitrogen and oxygen atoms in total. The molecule has 3 N–H and O–H groups in total. The lowest BCUT2D eigenvalue weighted by molar-refractivity contribution is -0.121. The Kier molecular flexibility index (Phi) is 5.76. The third-order valence-electron chi connectivity index (χ3n) is 3.02. The second kappa shape index (κ2) is 7.09. The molecule has 0 aromatic carbocycles. The minimum Gasteiger partial charge on any atom is -0.368 e. The highest BCUT2D eigenvalue weighted by atomic mass is 16.2. The molecule has 0 aliphatic rings. The van der Waals surface area contributed by atoms with Crippen LogP contribution in [0.15, 0.2) is 23.1 Å². The first-order valence-corrected chi connectivity index (χ1v) is 6.60. The highest BCUT2D eigenvalue weighted by Crippen LogP contribution is 2.16. The molecular weight excluding hydrogens is 242 g/mol. The van der Waals surface area contributed by atoms with Gasteiger partial charge >= 0.3 is 0 Å². The van der Waals surface area contributed by atoms with Gasteiger partial charge in [-0.1, -0.05) is 19.9 Å². The number of carbonyl (C=O) groups is 1. The van der Waals surface area contributed by atoms with Crippen LogP contribution in [0.1, 0.15) is 31.9 Å². The van der Waals surface area contributed by atoms with E-state index in [-0.39, 0.29) is 5.56 Å². The molecule has 1 atom stereocenters. The van der Waals surface area contributed by atoms with Crippen molar-refractivity contribution >= 4 is 5.91 Å². The van der Waals surface area contributed by atoms with Crippen molar-refractivity contribution in [1.82, 2.24) is 9.88 Å². The Morgan fingerprint density at radius 1 is 1.42 bits per heavy atom. The number of pyridine rings is 1. The van der Waals surface area contributed by atoms with Gasteiger partial charge in [-0.3, -0.25) is 9.59 Å². The van der Waals surface area contributed by atoms with Crippen molar-refractivity contribution in [1.29, 1.82) is 0 Å². The van der Waals surface area contributed by atoms with Crippen molar-refractivity contribution in [2.75, 3.05) is 13.6 Å². The number of hydrogen-bond donors (Lipinski definition) is 2. The normalized spacial score (nSPS) is 12.6. The summed E-state index contributed by atoms with van der Waals surface area (Å²) in [6, 6.07) is 2.73. The molecule has 0 spiro atoms. The van der Waals surface area contributed by atoms with Gasteiger partial charge in [-0.25, -0.2) is 0 Å². The summed E-state index contributed by atoms with van der Waals surface area (Å²) in [6.45, 7) is 4.83. The molecule has 1 aromatic rings. The second-order valence-electron chi connectivity index (χ2n) is 5.18. The van der Waals surface area contributed by atoms with Crippen LogP contribution in [0.5, 0.6) is 0 Å². The third kappa shape index (κ3) is 4.52. The molecule has 1 amide bonds. The number of aromatic nitrogens is 1. The number of nitrogens with one attached hydrogen (secondary N) is 1. The molecular formula is C14H23N3O2. The molecule has 0 aliphatic carbocycles. The fourth-order valence-corrected chi connectivity index (χ4v) is 2.02.